The first-order chi connectivity index (χ1) is 10.3. The standard InChI is InChI=1S/C19H17OS/c1-14-11-12-17-19(13-14)21(15-7-3-2-4-8-15)18-10-6-5-9-16(18)20-17/h2-10,12-14H,11H2,1H3/q+1. The van der Waals surface area contributed by atoms with E-state index in [0.717, 1.165) is 17.9 Å². The molecule has 21 heavy (non-hydrogen) atoms. The van der Waals surface area contributed by atoms with Crippen molar-refractivity contribution in [1.82, 2.24) is 0 Å². The first-order valence-electron chi connectivity index (χ1n) is 7.31. The zero-order chi connectivity index (χ0) is 14.2. The average Bonchev–Trinajstić information content (AvgIpc) is 2.53. The summed E-state index contributed by atoms with van der Waals surface area (Å²) >= 11 is 0. The molecule has 1 aliphatic heterocycles. The van der Waals surface area contributed by atoms with Gasteiger partial charge in [-0.25, -0.2) is 0 Å². The molecule has 1 nitrogen and oxygen atoms in total. The zero-order valence-corrected chi connectivity index (χ0v) is 12.8. The smallest absolute Gasteiger partial charge is 0.209 e. The normalized spacial score (nSPS) is 23.3. The van der Waals surface area contributed by atoms with E-state index < -0.39 is 0 Å². The van der Waals surface area contributed by atoms with Gasteiger partial charge < -0.3 is 4.74 Å². The zero-order valence-electron chi connectivity index (χ0n) is 12.0. The van der Waals surface area contributed by atoms with Gasteiger partial charge in [0, 0.05) is 0 Å². The highest BCUT2D eigenvalue weighted by atomic mass is 32.2. The van der Waals surface area contributed by atoms with Crippen LogP contribution < -0.4 is 4.74 Å². The lowest BCUT2D eigenvalue weighted by Crippen LogP contribution is -2.21. The van der Waals surface area contributed by atoms with Crippen LogP contribution in [0.3, 0.4) is 0 Å². The Labute approximate surface area is 128 Å². The lowest BCUT2D eigenvalue weighted by Gasteiger charge is -2.25. The fourth-order valence-electron chi connectivity index (χ4n) is 2.81. The van der Waals surface area contributed by atoms with Crippen molar-refractivity contribution < 1.29 is 4.74 Å². The summed E-state index contributed by atoms with van der Waals surface area (Å²) in [4.78, 5) is 4.00. The Balaban J connectivity index is 1.93. The molecule has 0 saturated carbocycles. The lowest BCUT2D eigenvalue weighted by molar-refractivity contribution is 0.416. The number of fused-ring (bicyclic) bond motifs is 2. The molecule has 0 bridgehead atoms. The second kappa shape index (κ2) is 5.12. The van der Waals surface area contributed by atoms with Crippen molar-refractivity contribution in [1.29, 1.82) is 0 Å². The van der Waals surface area contributed by atoms with Crippen molar-refractivity contribution in [3.63, 3.8) is 0 Å². The van der Waals surface area contributed by atoms with Gasteiger partial charge in [0.05, 0.1) is 0 Å². The second-order valence-corrected chi connectivity index (χ2v) is 7.44. The minimum atomic E-state index is -0.0524. The van der Waals surface area contributed by atoms with Crippen molar-refractivity contribution in [3.8, 4) is 5.75 Å². The molecule has 2 heteroatoms. The summed E-state index contributed by atoms with van der Waals surface area (Å²) in [5, 5.41) is 0. The first kappa shape index (κ1) is 12.8. The Hall–Kier alpha value is -1.93. The molecule has 0 amide bonds. The topological polar surface area (TPSA) is 9.23 Å². The highest BCUT2D eigenvalue weighted by Crippen LogP contribution is 2.45. The van der Waals surface area contributed by atoms with E-state index in [2.05, 4.69) is 67.6 Å². The van der Waals surface area contributed by atoms with E-state index in [0.29, 0.717) is 5.92 Å². The van der Waals surface area contributed by atoms with Crippen LogP contribution in [0.1, 0.15) is 13.3 Å². The number of ether oxygens (including phenoxy) is 1. The molecule has 2 aliphatic rings. The van der Waals surface area contributed by atoms with Crippen LogP contribution >= 0.6 is 0 Å². The third kappa shape index (κ3) is 2.20. The predicted octanol–water partition coefficient (Wildman–Crippen LogP) is 4.92. The minimum Gasteiger partial charge on any atom is -0.447 e. The lowest BCUT2D eigenvalue weighted by atomic mass is 10.0. The molecule has 0 spiro atoms. The Bertz CT molecular complexity index is 730. The number of hydrogen-bond acceptors (Lipinski definition) is 1. The van der Waals surface area contributed by atoms with E-state index in [-0.39, 0.29) is 10.9 Å². The van der Waals surface area contributed by atoms with E-state index in [1.807, 2.05) is 6.07 Å². The van der Waals surface area contributed by atoms with Crippen LogP contribution in [0.25, 0.3) is 0 Å². The monoisotopic (exact) mass is 293 g/mol. The van der Waals surface area contributed by atoms with Gasteiger partial charge in [-0.15, -0.1) is 0 Å². The Morgan fingerprint density at radius 1 is 1.00 bits per heavy atom. The number of hydrogen-bond donors (Lipinski definition) is 0. The van der Waals surface area contributed by atoms with Crippen molar-refractivity contribution in [2.45, 2.75) is 23.1 Å². The van der Waals surface area contributed by atoms with Gasteiger partial charge >= 0.3 is 0 Å². The molecule has 4 rings (SSSR count). The molecule has 0 aromatic heterocycles. The van der Waals surface area contributed by atoms with Gasteiger partial charge in [-0.05, 0) is 48.8 Å². The highest BCUT2D eigenvalue weighted by molar-refractivity contribution is 8.01. The summed E-state index contributed by atoms with van der Waals surface area (Å²) in [7, 11) is -0.0524. The summed E-state index contributed by atoms with van der Waals surface area (Å²) in [6, 6.07) is 19.2. The van der Waals surface area contributed by atoms with E-state index in [4.69, 9.17) is 4.74 Å². The van der Waals surface area contributed by atoms with Crippen molar-refractivity contribution in [2.75, 3.05) is 0 Å². The fraction of sp³-hybridized carbons (Fsp3) is 0.158. The quantitative estimate of drug-likeness (QED) is 0.678. The Morgan fingerprint density at radius 2 is 1.76 bits per heavy atom. The van der Waals surface area contributed by atoms with Crippen LogP contribution in [0.2, 0.25) is 0 Å². The summed E-state index contributed by atoms with van der Waals surface area (Å²) in [5.41, 5.74) is 0. The van der Waals surface area contributed by atoms with Gasteiger partial charge in [-0.1, -0.05) is 37.3 Å². The predicted molar refractivity (Wildman–Crippen MR) is 87.4 cm³/mol. The maximum absolute atomic E-state index is 6.14. The van der Waals surface area contributed by atoms with Crippen LogP contribution in [-0.2, 0) is 10.9 Å². The summed E-state index contributed by atoms with van der Waals surface area (Å²) in [6.07, 6.45) is 5.70. The number of rotatable bonds is 1. The Morgan fingerprint density at radius 3 is 2.62 bits per heavy atom. The molecule has 104 valence electrons. The molecule has 0 radical (unpaired) electrons. The van der Waals surface area contributed by atoms with Gasteiger partial charge in [0.25, 0.3) is 0 Å². The summed E-state index contributed by atoms with van der Waals surface area (Å²) in [6.45, 7) is 2.27. The SMILES string of the molecule is CC1C=C2C(=CC1)Oc1ccccc1[S+]2c1ccccc1. The number of benzene rings is 2. The molecule has 2 aromatic rings. The van der Waals surface area contributed by atoms with Crippen molar-refractivity contribution in [2.24, 2.45) is 5.92 Å². The largest absolute Gasteiger partial charge is 0.447 e. The molecule has 2 atom stereocenters. The van der Waals surface area contributed by atoms with E-state index in [1.165, 1.54) is 14.7 Å². The second-order valence-electron chi connectivity index (χ2n) is 5.48. The van der Waals surface area contributed by atoms with Gasteiger partial charge in [-0.3, -0.25) is 0 Å². The van der Waals surface area contributed by atoms with Crippen LogP contribution in [0, 0.1) is 5.92 Å². The molecule has 0 N–H and O–H groups in total. The van der Waals surface area contributed by atoms with Crippen LogP contribution in [-0.4, -0.2) is 0 Å². The van der Waals surface area contributed by atoms with Crippen molar-refractivity contribution in [3.05, 3.63) is 77.4 Å². The molecule has 2 unspecified atom stereocenters. The van der Waals surface area contributed by atoms with E-state index >= 15 is 0 Å². The number of para-hydroxylation sites is 1. The third-order valence-corrected chi connectivity index (χ3v) is 6.14. The first-order valence-corrected chi connectivity index (χ1v) is 8.54. The molecule has 1 aliphatic carbocycles. The molecule has 0 fully saturated rings. The third-order valence-electron chi connectivity index (χ3n) is 3.84. The number of allylic oxidation sites excluding steroid dienone is 2. The molecule has 0 saturated heterocycles. The van der Waals surface area contributed by atoms with E-state index in [1.54, 1.807) is 0 Å². The summed E-state index contributed by atoms with van der Waals surface area (Å²) in [5.74, 6) is 2.64. The minimum absolute atomic E-state index is 0.0524. The van der Waals surface area contributed by atoms with Crippen LogP contribution in [0.5, 0.6) is 5.75 Å². The average molecular weight is 293 g/mol. The van der Waals surface area contributed by atoms with Gasteiger partial charge in [0.2, 0.25) is 9.80 Å². The maximum Gasteiger partial charge on any atom is 0.209 e. The Kier molecular flexibility index (Phi) is 3.12. The maximum atomic E-state index is 6.14. The van der Waals surface area contributed by atoms with Crippen LogP contribution in [0.4, 0.5) is 0 Å². The molecule has 2 aromatic carbocycles. The van der Waals surface area contributed by atoms with E-state index in [9.17, 15) is 0 Å². The fourth-order valence-corrected chi connectivity index (χ4v) is 5.21. The van der Waals surface area contributed by atoms with Crippen LogP contribution in [0.15, 0.2) is 87.2 Å². The highest BCUT2D eigenvalue weighted by Gasteiger charge is 2.42. The van der Waals surface area contributed by atoms with Gasteiger partial charge in [0.1, 0.15) is 10.9 Å². The van der Waals surface area contributed by atoms with Gasteiger partial charge in [0.15, 0.2) is 16.4 Å². The molecular weight excluding hydrogens is 276 g/mol. The van der Waals surface area contributed by atoms with Gasteiger partial charge in [-0.2, -0.15) is 0 Å². The molecule has 1 heterocycles. The molecular formula is C19H17OS+. The van der Waals surface area contributed by atoms with Crippen molar-refractivity contribution >= 4 is 10.9 Å². The summed E-state index contributed by atoms with van der Waals surface area (Å²) < 4.78 is 6.14.